The van der Waals surface area contributed by atoms with E-state index in [1.165, 1.54) is 32.1 Å². The second-order valence-electron chi connectivity index (χ2n) is 7.03. The van der Waals surface area contributed by atoms with Crippen LogP contribution < -0.4 is 0 Å². The lowest BCUT2D eigenvalue weighted by molar-refractivity contribution is -0.138. The fourth-order valence-corrected chi connectivity index (χ4v) is 5.31. The van der Waals surface area contributed by atoms with Crippen LogP contribution in [0.2, 0.25) is 0 Å². The minimum Gasteiger partial charge on any atom is -0.480 e. The summed E-state index contributed by atoms with van der Waals surface area (Å²) in [7, 11) is 0. The van der Waals surface area contributed by atoms with Gasteiger partial charge in [0.15, 0.2) is 0 Å². The topological polar surface area (TPSA) is 68.0 Å². The van der Waals surface area contributed by atoms with Crippen LogP contribution in [0, 0.1) is 30.6 Å². The number of hydrogen-bond donors (Lipinski definition) is 1. The Kier molecular flexibility index (Phi) is 2.66. The first kappa shape index (κ1) is 12.4. The third-order valence-corrected chi connectivity index (χ3v) is 5.62. The van der Waals surface area contributed by atoms with E-state index in [4.69, 9.17) is 5.11 Å². The normalized spacial score (nSPS) is 38.4. The zero-order chi connectivity index (χ0) is 13.9. The second-order valence-corrected chi connectivity index (χ2v) is 7.03. The van der Waals surface area contributed by atoms with Crippen LogP contribution in [0.5, 0.6) is 0 Å². The highest BCUT2D eigenvalue weighted by Crippen LogP contribution is 2.59. The van der Waals surface area contributed by atoms with Crippen molar-refractivity contribution in [1.29, 1.82) is 0 Å². The molecule has 0 unspecified atom stereocenters. The second kappa shape index (κ2) is 4.30. The van der Waals surface area contributed by atoms with Crippen LogP contribution in [-0.4, -0.2) is 25.8 Å². The molecule has 0 radical (unpaired) electrons. The van der Waals surface area contributed by atoms with Gasteiger partial charge in [-0.25, -0.2) is 9.67 Å². The fourth-order valence-electron chi connectivity index (χ4n) is 5.31. The Morgan fingerprint density at radius 2 is 1.80 bits per heavy atom. The predicted molar refractivity (Wildman–Crippen MR) is 72.2 cm³/mol. The van der Waals surface area contributed by atoms with Crippen molar-refractivity contribution < 1.29 is 9.90 Å². The van der Waals surface area contributed by atoms with Gasteiger partial charge < -0.3 is 5.11 Å². The van der Waals surface area contributed by atoms with Crippen molar-refractivity contribution >= 4 is 5.97 Å². The van der Waals surface area contributed by atoms with Crippen LogP contribution >= 0.6 is 0 Å². The monoisotopic (exact) mass is 275 g/mol. The number of carboxylic acids is 1. The zero-order valence-electron chi connectivity index (χ0n) is 11.8. The summed E-state index contributed by atoms with van der Waals surface area (Å²) in [6.07, 6.45) is 6.70. The molecule has 4 aliphatic rings. The third kappa shape index (κ3) is 1.86. The molecule has 4 bridgehead atoms. The highest BCUT2D eigenvalue weighted by Gasteiger charge is 2.50. The number of aliphatic carboxylic acids is 1. The Balaban J connectivity index is 1.69. The molecule has 0 atom stereocenters. The summed E-state index contributed by atoms with van der Waals surface area (Å²) in [5.74, 6) is 4.53. The molecule has 4 fully saturated rings. The third-order valence-electron chi connectivity index (χ3n) is 5.62. The molecule has 108 valence electrons. The summed E-state index contributed by atoms with van der Waals surface area (Å²) in [6.45, 7) is 1.80. The van der Waals surface area contributed by atoms with Gasteiger partial charge in [0.05, 0.1) is 0 Å². The Labute approximate surface area is 118 Å². The van der Waals surface area contributed by atoms with Crippen molar-refractivity contribution in [2.45, 2.75) is 51.5 Å². The Morgan fingerprint density at radius 1 is 1.20 bits per heavy atom. The van der Waals surface area contributed by atoms with E-state index in [0.717, 1.165) is 17.7 Å². The van der Waals surface area contributed by atoms with Crippen molar-refractivity contribution in [3.8, 4) is 0 Å². The molecule has 4 saturated carbocycles. The number of rotatable bonds is 3. The van der Waals surface area contributed by atoms with E-state index in [1.807, 2.05) is 6.92 Å². The molecule has 4 aliphatic carbocycles. The van der Waals surface area contributed by atoms with E-state index in [2.05, 4.69) is 10.1 Å². The van der Waals surface area contributed by atoms with Crippen molar-refractivity contribution in [2.24, 2.45) is 23.7 Å². The lowest BCUT2D eigenvalue weighted by Crippen LogP contribution is -2.44. The summed E-state index contributed by atoms with van der Waals surface area (Å²) in [6, 6.07) is 0. The van der Waals surface area contributed by atoms with Gasteiger partial charge in [0.1, 0.15) is 18.2 Å². The highest BCUT2D eigenvalue weighted by atomic mass is 16.4. The van der Waals surface area contributed by atoms with Crippen molar-refractivity contribution in [3.05, 3.63) is 11.6 Å². The molecule has 0 spiro atoms. The van der Waals surface area contributed by atoms with Crippen LogP contribution in [0.3, 0.4) is 0 Å². The number of carboxylic acid groups (broad SMARTS) is 1. The van der Waals surface area contributed by atoms with Gasteiger partial charge in [0.25, 0.3) is 0 Å². The fraction of sp³-hybridized carbons (Fsp3) is 0.800. The van der Waals surface area contributed by atoms with Crippen LogP contribution in [-0.2, 0) is 11.3 Å². The lowest BCUT2D eigenvalue weighted by atomic mass is 9.51. The van der Waals surface area contributed by atoms with Gasteiger partial charge in [-0.05, 0) is 62.7 Å². The molecule has 5 heteroatoms. The first-order valence-corrected chi connectivity index (χ1v) is 7.73. The minimum absolute atomic E-state index is 0.0566. The summed E-state index contributed by atoms with van der Waals surface area (Å²) < 4.78 is 1.64. The van der Waals surface area contributed by atoms with E-state index >= 15 is 0 Å². The average Bonchev–Trinajstić information content (AvgIpc) is 2.67. The number of aryl methyl sites for hydroxylation is 1. The quantitative estimate of drug-likeness (QED) is 0.918. The number of hydrogen-bond acceptors (Lipinski definition) is 3. The predicted octanol–water partition coefficient (Wildman–Crippen LogP) is 2.21. The van der Waals surface area contributed by atoms with Crippen molar-refractivity contribution in [2.75, 3.05) is 0 Å². The summed E-state index contributed by atoms with van der Waals surface area (Å²) in [4.78, 5) is 15.6. The van der Waals surface area contributed by atoms with Gasteiger partial charge in [-0.1, -0.05) is 0 Å². The van der Waals surface area contributed by atoms with Crippen LogP contribution in [0.25, 0.3) is 0 Å². The highest BCUT2D eigenvalue weighted by molar-refractivity contribution is 5.66. The standard InChI is InChI=1S/C15H21N3O2/c1-8-16-15(18(17-8)7-13(19)20)14-11-3-9-2-10(5-11)6-12(14)4-9/h9-12,14H,2-7H2,1H3,(H,19,20). The Hall–Kier alpha value is -1.39. The van der Waals surface area contributed by atoms with Gasteiger partial charge in [0.2, 0.25) is 0 Å². The van der Waals surface area contributed by atoms with Gasteiger partial charge >= 0.3 is 5.97 Å². The Bertz CT molecular complexity index is 523. The molecule has 5 rings (SSSR count). The molecule has 1 aromatic rings. The molecular formula is C15H21N3O2. The molecule has 1 N–H and O–H groups in total. The summed E-state index contributed by atoms with van der Waals surface area (Å²) in [5, 5.41) is 13.4. The zero-order valence-corrected chi connectivity index (χ0v) is 11.8. The van der Waals surface area contributed by atoms with E-state index in [1.54, 1.807) is 4.68 Å². The molecule has 1 heterocycles. The maximum absolute atomic E-state index is 11.0. The number of carbonyl (C=O) groups is 1. The molecule has 0 saturated heterocycles. The van der Waals surface area contributed by atoms with E-state index in [-0.39, 0.29) is 6.54 Å². The lowest BCUT2D eigenvalue weighted by Gasteiger charge is -2.54. The van der Waals surface area contributed by atoms with Crippen LogP contribution in [0.4, 0.5) is 0 Å². The summed E-state index contributed by atoms with van der Waals surface area (Å²) >= 11 is 0. The average molecular weight is 275 g/mol. The molecule has 5 nitrogen and oxygen atoms in total. The molecule has 0 amide bonds. The van der Waals surface area contributed by atoms with Crippen LogP contribution in [0.15, 0.2) is 0 Å². The van der Waals surface area contributed by atoms with Gasteiger partial charge in [-0.3, -0.25) is 4.79 Å². The molecule has 0 aromatic carbocycles. The molecule has 1 aromatic heterocycles. The smallest absolute Gasteiger partial charge is 0.325 e. The largest absolute Gasteiger partial charge is 0.480 e. The van der Waals surface area contributed by atoms with E-state index in [9.17, 15) is 4.79 Å². The van der Waals surface area contributed by atoms with Crippen molar-refractivity contribution in [3.63, 3.8) is 0 Å². The molecule has 0 aliphatic heterocycles. The van der Waals surface area contributed by atoms with E-state index in [0.29, 0.717) is 23.6 Å². The van der Waals surface area contributed by atoms with Gasteiger partial charge in [-0.2, -0.15) is 5.10 Å². The number of nitrogens with zero attached hydrogens (tertiary/aromatic N) is 3. The summed E-state index contributed by atoms with van der Waals surface area (Å²) in [5.41, 5.74) is 0. The number of aromatic nitrogens is 3. The SMILES string of the molecule is Cc1nc(C2C3CC4CC(C3)CC2C4)n(CC(=O)O)n1. The maximum Gasteiger partial charge on any atom is 0.325 e. The first-order valence-electron chi connectivity index (χ1n) is 7.73. The first-order chi connectivity index (χ1) is 9.60. The van der Waals surface area contributed by atoms with Crippen molar-refractivity contribution in [1.82, 2.24) is 14.8 Å². The Morgan fingerprint density at radius 3 is 2.35 bits per heavy atom. The molecular weight excluding hydrogens is 254 g/mol. The maximum atomic E-state index is 11.0. The van der Waals surface area contributed by atoms with Crippen LogP contribution in [0.1, 0.15) is 49.7 Å². The molecule has 20 heavy (non-hydrogen) atoms. The van der Waals surface area contributed by atoms with Gasteiger partial charge in [0, 0.05) is 5.92 Å². The minimum atomic E-state index is -0.833. The van der Waals surface area contributed by atoms with Gasteiger partial charge in [-0.15, -0.1) is 0 Å². The van der Waals surface area contributed by atoms with E-state index < -0.39 is 5.97 Å².